The van der Waals surface area contributed by atoms with Gasteiger partial charge in [-0.2, -0.15) is 0 Å². The molecule has 6 heteroatoms. The highest BCUT2D eigenvalue weighted by molar-refractivity contribution is 7.11. The molecule has 0 aromatic carbocycles. The van der Waals surface area contributed by atoms with Crippen LogP contribution in [0.25, 0.3) is 0 Å². The third-order valence-corrected chi connectivity index (χ3v) is 6.56. The standard InChI is InChI=1S/C16H25N3O2S/c1-3-12-7-17-15(22-12)9(2)18-16(21)19-14-11-5-4-10(6-11)13(14)8-20/h7,9-11,13-14,20H,3-6,8H2,1-2H3,(H2,18,19,21). The first kappa shape index (κ1) is 15.7. The molecule has 2 bridgehead atoms. The molecule has 0 spiro atoms. The Labute approximate surface area is 135 Å². The number of aliphatic hydroxyl groups excluding tert-OH is 1. The van der Waals surface area contributed by atoms with Gasteiger partial charge in [0, 0.05) is 29.6 Å². The molecule has 2 amide bonds. The summed E-state index contributed by atoms with van der Waals surface area (Å²) in [5.41, 5.74) is 0. The van der Waals surface area contributed by atoms with Crippen molar-refractivity contribution in [2.24, 2.45) is 17.8 Å². The van der Waals surface area contributed by atoms with Gasteiger partial charge in [-0.25, -0.2) is 9.78 Å². The number of carbonyl (C=O) groups is 1. The highest BCUT2D eigenvalue weighted by Gasteiger charge is 2.47. The highest BCUT2D eigenvalue weighted by Crippen LogP contribution is 2.48. The summed E-state index contributed by atoms with van der Waals surface area (Å²) < 4.78 is 0. The molecule has 0 radical (unpaired) electrons. The fraction of sp³-hybridized carbons (Fsp3) is 0.750. The first-order chi connectivity index (χ1) is 10.6. The monoisotopic (exact) mass is 323 g/mol. The van der Waals surface area contributed by atoms with Crippen LogP contribution >= 0.6 is 11.3 Å². The van der Waals surface area contributed by atoms with E-state index in [0.29, 0.717) is 11.8 Å². The Hall–Kier alpha value is -1.14. The summed E-state index contributed by atoms with van der Waals surface area (Å²) in [4.78, 5) is 17.9. The van der Waals surface area contributed by atoms with E-state index < -0.39 is 0 Å². The molecular formula is C16H25N3O2S. The second kappa shape index (κ2) is 6.54. The molecule has 1 aromatic heterocycles. The van der Waals surface area contributed by atoms with Crippen LogP contribution in [0.1, 0.15) is 49.0 Å². The van der Waals surface area contributed by atoms with Gasteiger partial charge in [-0.3, -0.25) is 0 Å². The van der Waals surface area contributed by atoms with Crippen LogP contribution in [0.4, 0.5) is 4.79 Å². The van der Waals surface area contributed by atoms with Gasteiger partial charge in [0.05, 0.1) is 6.04 Å². The lowest BCUT2D eigenvalue weighted by Gasteiger charge is -2.30. The van der Waals surface area contributed by atoms with Gasteiger partial charge in [0.25, 0.3) is 0 Å². The molecule has 2 saturated carbocycles. The zero-order valence-corrected chi connectivity index (χ0v) is 14.0. The number of rotatable bonds is 5. The van der Waals surface area contributed by atoms with Crippen LogP contribution in [0.2, 0.25) is 0 Å². The maximum atomic E-state index is 12.3. The molecule has 1 aromatic rings. The van der Waals surface area contributed by atoms with Crippen LogP contribution in [-0.4, -0.2) is 28.8 Å². The molecule has 2 aliphatic rings. The largest absolute Gasteiger partial charge is 0.396 e. The molecular weight excluding hydrogens is 298 g/mol. The lowest BCUT2D eigenvalue weighted by molar-refractivity contribution is 0.144. The van der Waals surface area contributed by atoms with Crippen LogP contribution in [0, 0.1) is 17.8 Å². The Bertz CT molecular complexity index is 533. The second-order valence-electron chi connectivity index (χ2n) is 6.56. The summed E-state index contributed by atoms with van der Waals surface area (Å²) >= 11 is 1.65. The molecule has 5 nitrogen and oxygen atoms in total. The maximum Gasteiger partial charge on any atom is 0.315 e. The molecule has 0 aliphatic heterocycles. The molecule has 5 atom stereocenters. The lowest BCUT2D eigenvalue weighted by atomic mass is 9.85. The van der Waals surface area contributed by atoms with E-state index in [0.717, 1.165) is 17.8 Å². The molecule has 22 heavy (non-hydrogen) atoms. The second-order valence-corrected chi connectivity index (χ2v) is 7.71. The van der Waals surface area contributed by atoms with Crippen LogP contribution in [-0.2, 0) is 6.42 Å². The average molecular weight is 323 g/mol. The Kier molecular flexibility index (Phi) is 4.68. The van der Waals surface area contributed by atoms with Crippen molar-refractivity contribution in [1.29, 1.82) is 0 Å². The van der Waals surface area contributed by atoms with Crippen LogP contribution < -0.4 is 10.6 Å². The number of nitrogens with zero attached hydrogens (tertiary/aromatic N) is 1. The summed E-state index contributed by atoms with van der Waals surface area (Å²) in [5.74, 6) is 1.35. The van der Waals surface area contributed by atoms with E-state index >= 15 is 0 Å². The van der Waals surface area contributed by atoms with Gasteiger partial charge in [0.2, 0.25) is 0 Å². The van der Waals surface area contributed by atoms with E-state index in [4.69, 9.17) is 0 Å². The SMILES string of the molecule is CCc1cnc(C(C)NC(=O)NC2C3CCC(C3)C2CO)s1. The number of urea groups is 1. The zero-order valence-electron chi connectivity index (χ0n) is 13.2. The van der Waals surface area contributed by atoms with Gasteiger partial charge < -0.3 is 15.7 Å². The summed E-state index contributed by atoms with van der Waals surface area (Å²) in [6.45, 7) is 4.24. The van der Waals surface area contributed by atoms with Crippen molar-refractivity contribution < 1.29 is 9.90 Å². The molecule has 3 rings (SSSR count). The van der Waals surface area contributed by atoms with E-state index in [-0.39, 0.29) is 30.6 Å². The minimum Gasteiger partial charge on any atom is -0.396 e. The number of carbonyl (C=O) groups excluding carboxylic acids is 1. The highest BCUT2D eigenvalue weighted by atomic mass is 32.1. The fourth-order valence-corrected chi connectivity index (χ4v) is 4.90. The average Bonchev–Trinajstić information content (AvgIpc) is 3.22. The van der Waals surface area contributed by atoms with E-state index in [1.807, 2.05) is 13.1 Å². The van der Waals surface area contributed by atoms with Gasteiger partial charge in [0.15, 0.2) is 0 Å². The number of nitrogens with one attached hydrogen (secondary N) is 2. The number of hydrogen-bond acceptors (Lipinski definition) is 4. The van der Waals surface area contributed by atoms with Crippen LogP contribution in [0.3, 0.4) is 0 Å². The molecule has 122 valence electrons. The van der Waals surface area contributed by atoms with Gasteiger partial charge in [-0.05, 0) is 44.4 Å². The Balaban J connectivity index is 1.56. The molecule has 1 heterocycles. The Morgan fingerprint density at radius 2 is 2.27 bits per heavy atom. The van der Waals surface area contributed by atoms with Gasteiger partial charge in [0.1, 0.15) is 5.01 Å². The molecule has 0 saturated heterocycles. The smallest absolute Gasteiger partial charge is 0.315 e. The normalized spacial score (nSPS) is 31.2. The van der Waals surface area contributed by atoms with Crippen molar-refractivity contribution >= 4 is 17.4 Å². The van der Waals surface area contributed by atoms with Crippen LogP contribution in [0.5, 0.6) is 0 Å². The molecule has 3 N–H and O–H groups in total. The van der Waals surface area contributed by atoms with Crippen molar-refractivity contribution in [2.75, 3.05) is 6.61 Å². The summed E-state index contributed by atoms with van der Waals surface area (Å²) in [5, 5.41) is 16.6. The lowest BCUT2D eigenvalue weighted by Crippen LogP contribution is -2.49. The van der Waals surface area contributed by atoms with Crippen molar-refractivity contribution in [2.45, 2.75) is 51.6 Å². The zero-order chi connectivity index (χ0) is 15.7. The molecule has 5 unspecified atom stereocenters. The van der Waals surface area contributed by atoms with E-state index in [9.17, 15) is 9.90 Å². The topological polar surface area (TPSA) is 74.2 Å². The first-order valence-electron chi connectivity index (χ1n) is 8.24. The third kappa shape index (κ3) is 2.99. The summed E-state index contributed by atoms with van der Waals surface area (Å²) in [6, 6.07) is -0.105. The fourth-order valence-electron chi connectivity index (χ4n) is 4.04. The minimum atomic E-state index is -0.142. The number of aromatic nitrogens is 1. The van der Waals surface area contributed by atoms with Gasteiger partial charge in [-0.15, -0.1) is 11.3 Å². The van der Waals surface area contributed by atoms with Gasteiger partial charge in [-0.1, -0.05) is 6.92 Å². The number of aliphatic hydroxyl groups is 1. The number of hydrogen-bond donors (Lipinski definition) is 3. The summed E-state index contributed by atoms with van der Waals surface area (Å²) in [7, 11) is 0. The Morgan fingerprint density at radius 1 is 1.50 bits per heavy atom. The molecule has 2 aliphatic carbocycles. The van der Waals surface area contributed by atoms with E-state index in [2.05, 4.69) is 22.5 Å². The van der Waals surface area contributed by atoms with Gasteiger partial charge >= 0.3 is 6.03 Å². The number of thiazole rings is 1. The van der Waals surface area contributed by atoms with Crippen molar-refractivity contribution in [3.63, 3.8) is 0 Å². The van der Waals surface area contributed by atoms with Crippen molar-refractivity contribution in [1.82, 2.24) is 15.6 Å². The summed E-state index contributed by atoms with van der Waals surface area (Å²) in [6.07, 6.45) is 6.38. The number of amides is 2. The number of fused-ring (bicyclic) bond motifs is 2. The van der Waals surface area contributed by atoms with Crippen LogP contribution in [0.15, 0.2) is 6.20 Å². The van der Waals surface area contributed by atoms with Crippen molar-refractivity contribution in [3.8, 4) is 0 Å². The number of aryl methyl sites for hydroxylation is 1. The first-order valence-corrected chi connectivity index (χ1v) is 9.06. The quantitative estimate of drug-likeness (QED) is 0.779. The van der Waals surface area contributed by atoms with E-state index in [1.54, 1.807) is 11.3 Å². The molecule has 2 fully saturated rings. The predicted molar refractivity (Wildman–Crippen MR) is 86.8 cm³/mol. The minimum absolute atomic E-state index is 0.0866. The third-order valence-electron chi connectivity index (χ3n) is 5.23. The van der Waals surface area contributed by atoms with E-state index in [1.165, 1.54) is 17.7 Å². The predicted octanol–water partition coefficient (Wildman–Crippen LogP) is 2.47. The van der Waals surface area contributed by atoms with Crippen molar-refractivity contribution in [3.05, 3.63) is 16.1 Å². The Morgan fingerprint density at radius 3 is 2.95 bits per heavy atom. The maximum absolute atomic E-state index is 12.3.